The first-order valence-corrected chi connectivity index (χ1v) is 10.0. The smallest absolute Gasteiger partial charge is 0.278 e. The number of ether oxygens (including phenoxy) is 1. The number of benzene rings is 2. The lowest BCUT2D eigenvalue weighted by Crippen LogP contribution is -2.64. The van der Waals surface area contributed by atoms with Gasteiger partial charge in [-0.15, -0.1) is 0 Å². The number of nitrogens with one attached hydrogen (secondary N) is 2. The van der Waals surface area contributed by atoms with Crippen LogP contribution < -0.4 is 10.8 Å². The van der Waals surface area contributed by atoms with Gasteiger partial charge in [-0.2, -0.15) is 0 Å². The van der Waals surface area contributed by atoms with E-state index in [4.69, 9.17) is 9.94 Å². The van der Waals surface area contributed by atoms with Crippen molar-refractivity contribution >= 4 is 17.7 Å². The Bertz CT molecular complexity index is 1040. The third-order valence-electron chi connectivity index (χ3n) is 5.29. The summed E-state index contributed by atoms with van der Waals surface area (Å²) in [4.78, 5) is 38.2. The Balaban J connectivity index is 2.18. The zero-order chi connectivity index (χ0) is 24.6. The van der Waals surface area contributed by atoms with E-state index >= 15 is 0 Å². The average Bonchev–Trinajstić information content (AvgIpc) is 2.85. The quantitative estimate of drug-likeness (QED) is 0.213. The van der Waals surface area contributed by atoms with E-state index in [0.29, 0.717) is 5.56 Å². The van der Waals surface area contributed by atoms with Crippen molar-refractivity contribution < 1.29 is 29.4 Å². The number of amides is 3. The molecule has 0 aliphatic rings. The first-order chi connectivity index (χ1) is 15.7. The molecule has 3 amide bonds. The van der Waals surface area contributed by atoms with Gasteiger partial charge >= 0.3 is 0 Å². The summed E-state index contributed by atoms with van der Waals surface area (Å²) in [5.41, 5.74) is 1.85. The molecule has 0 heterocycles. The molecule has 0 spiro atoms. The van der Waals surface area contributed by atoms with Crippen molar-refractivity contribution in [3.8, 4) is 11.8 Å². The molecule has 2 aromatic rings. The Morgan fingerprint density at radius 3 is 2.00 bits per heavy atom. The van der Waals surface area contributed by atoms with E-state index in [2.05, 4.69) is 17.2 Å². The zero-order valence-electron chi connectivity index (χ0n) is 18.9. The van der Waals surface area contributed by atoms with Crippen molar-refractivity contribution in [2.24, 2.45) is 0 Å². The highest BCUT2D eigenvalue weighted by Gasteiger charge is 2.47. The minimum absolute atomic E-state index is 0.207. The lowest BCUT2D eigenvalue weighted by molar-refractivity contribution is -0.148. The van der Waals surface area contributed by atoms with Crippen molar-refractivity contribution in [2.75, 3.05) is 27.8 Å². The number of rotatable bonds is 7. The van der Waals surface area contributed by atoms with Crippen LogP contribution in [0.1, 0.15) is 40.1 Å². The fourth-order valence-electron chi connectivity index (χ4n) is 3.04. The van der Waals surface area contributed by atoms with Gasteiger partial charge in [-0.25, -0.2) is 5.48 Å². The molecule has 2 atom stereocenters. The highest BCUT2D eigenvalue weighted by atomic mass is 16.5. The maximum Gasteiger partial charge on any atom is 0.278 e. The third kappa shape index (κ3) is 5.75. The van der Waals surface area contributed by atoms with Gasteiger partial charge in [0.15, 0.2) is 5.54 Å². The molecular weight excluding hydrogens is 426 g/mol. The van der Waals surface area contributed by atoms with Gasteiger partial charge in [0, 0.05) is 37.9 Å². The third-order valence-corrected chi connectivity index (χ3v) is 5.29. The molecule has 4 N–H and O–H groups in total. The molecule has 0 bridgehead atoms. The van der Waals surface area contributed by atoms with E-state index in [9.17, 15) is 19.5 Å². The van der Waals surface area contributed by atoms with Gasteiger partial charge in [-0.05, 0) is 48.9 Å². The van der Waals surface area contributed by atoms with Gasteiger partial charge in [0.25, 0.3) is 17.7 Å². The number of methoxy groups -OCH3 is 1. The molecule has 0 radical (unpaired) electrons. The van der Waals surface area contributed by atoms with Crippen LogP contribution in [-0.4, -0.2) is 66.3 Å². The second-order valence-corrected chi connectivity index (χ2v) is 7.38. The number of likely N-dealkylation sites (N-methyl/N-ethyl adjacent to an activating group) is 2. The van der Waals surface area contributed by atoms with Crippen LogP contribution in [0.5, 0.6) is 0 Å². The molecule has 0 saturated heterocycles. The number of aliphatic hydroxyl groups excluding tert-OH is 1. The van der Waals surface area contributed by atoms with Gasteiger partial charge in [0.2, 0.25) is 0 Å². The van der Waals surface area contributed by atoms with Crippen LogP contribution in [-0.2, 0) is 14.3 Å². The number of hydrogen-bond acceptors (Lipinski definition) is 6. The van der Waals surface area contributed by atoms with Crippen molar-refractivity contribution in [3.05, 3.63) is 70.8 Å². The van der Waals surface area contributed by atoms with Crippen LogP contribution in [0, 0.1) is 11.8 Å². The average molecular weight is 453 g/mol. The second-order valence-electron chi connectivity index (χ2n) is 7.38. The van der Waals surface area contributed by atoms with Gasteiger partial charge in [-0.1, -0.05) is 24.0 Å². The fraction of sp³-hybridized carbons (Fsp3) is 0.292. The Morgan fingerprint density at radius 1 is 1.03 bits per heavy atom. The number of hydrogen-bond donors (Lipinski definition) is 4. The van der Waals surface area contributed by atoms with E-state index in [-0.39, 0.29) is 12.2 Å². The van der Waals surface area contributed by atoms with Crippen LogP contribution in [0.3, 0.4) is 0 Å². The second kappa shape index (κ2) is 11.2. The van der Waals surface area contributed by atoms with E-state index in [1.165, 1.54) is 45.7 Å². The number of carbonyl (C=O) groups excluding carboxylic acids is 3. The van der Waals surface area contributed by atoms with Crippen LogP contribution >= 0.6 is 0 Å². The molecule has 0 aliphatic carbocycles. The normalized spacial score (nSPS) is 13.0. The number of nitrogens with zero attached hydrogens (tertiary/aromatic N) is 1. The standard InChI is InChI=1S/C24H27N3O6/c1-24(22(30)25-2,23(31)26-32)27(3)21(29)19-13-9-17(10-14-19)6-5-16-7-11-18(12-8-16)20(28)15-33-4/h7-14,20,28,32H,15H2,1-4H3,(H,25,30)(H,26,31). The van der Waals surface area contributed by atoms with Crippen molar-refractivity contribution in [3.63, 3.8) is 0 Å². The molecule has 9 nitrogen and oxygen atoms in total. The molecule has 174 valence electrons. The first-order valence-electron chi connectivity index (χ1n) is 10.0. The maximum atomic E-state index is 12.9. The highest BCUT2D eigenvalue weighted by molar-refractivity contribution is 6.12. The van der Waals surface area contributed by atoms with E-state index in [1.54, 1.807) is 36.4 Å². The van der Waals surface area contributed by atoms with Gasteiger partial charge in [-0.3, -0.25) is 19.6 Å². The zero-order valence-corrected chi connectivity index (χ0v) is 18.9. The van der Waals surface area contributed by atoms with Gasteiger partial charge in [0.05, 0.1) is 6.61 Å². The maximum absolute atomic E-state index is 12.9. The summed E-state index contributed by atoms with van der Waals surface area (Å²) in [5.74, 6) is 3.61. The van der Waals surface area contributed by atoms with Crippen LogP contribution in [0.2, 0.25) is 0 Å². The molecule has 2 unspecified atom stereocenters. The summed E-state index contributed by atoms with van der Waals surface area (Å²) in [5, 5.41) is 21.3. The predicted molar refractivity (Wildman–Crippen MR) is 120 cm³/mol. The van der Waals surface area contributed by atoms with Gasteiger partial charge in [0.1, 0.15) is 6.10 Å². The minimum atomic E-state index is -1.96. The van der Waals surface area contributed by atoms with Crippen LogP contribution in [0.15, 0.2) is 48.5 Å². The van der Waals surface area contributed by atoms with E-state index in [0.717, 1.165) is 16.0 Å². The lowest BCUT2D eigenvalue weighted by atomic mass is 9.96. The first kappa shape index (κ1) is 25.5. The lowest BCUT2D eigenvalue weighted by Gasteiger charge is -2.34. The monoisotopic (exact) mass is 453 g/mol. The fourth-order valence-corrected chi connectivity index (χ4v) is 3.04. The number of aliphatic hydroxyl groups is 1. The topological polar surface area (TPSA) is 128 Å². The molecule has 0 saturated carbocycles. The summed E-state index contributed by atoms with van der Waals surface area (Å²) in [6.45, 7) is 1.44. The van der Waals surface area contributed by atoms with Crippen LogP contribution in [0.25, 0.3) is 0 Å². The van der Waals surface area contributed by atoms with Crippen molar-refractivity contribution in [2.45, 2.75) is 18.6 Å². The molecule has 9 heteroatoms. The molecule has 2 aromatic carbocycles. The van der Waals surface area contributed by atoms with Crippen molar-refractivity contribution in [1.29, 1.82) is 0 Å². The Hall–Kier alpha value is -3.71. The summed E-state index contributed by atoms with van der Waals surface area (Å²) >= 11 is 0. The highest BCUT2D eigenvalue weighted by Crippen LogP contribution is 2.18. The summed E-state index contributed by atoms with van der Waals surface area (Å²) < 4.78 is 4.93. The molecular formula is C24H27N3O6. The van der Waals surface area contributed by atoms with Crippen LogP contribution in [0.4, 0.5) is 0 Å². The summed E-state index contributed by atoms with van der Waals surface area (Å²) in [6.07, 6.45) is -0.700. The van der Waals surface area contributed by atoms with Gasteiger partial charge < -0.3 is 20.1 Å². The van der Waals surface area contributed by atoms with Crippen molar-refractivity contribution in [1.82, 2.24) is 15.7 Å². The van der Waals surface area contributed by atoms with E-state index < -0.39 is 29.4 Å². The Morgan fingerprint density at radius 2 is 1.55 bits per heavy atom. The molecule has 2 rings (SSSR count). The largest absolute Gasteiger partial charge is 0.386 e. The molecule has 33 heavy (non-hydrogen) atoms. The van der Waals surface area contributed by atoms with E-state index in [1.807, 2.05) is 0 Å². The molecule has 0 aromatic heterocycles. The number of carbonyl (C=O) groups is 3. The number of hydroxylamine groups is 1. The summed E-state index contributed by atoms with van der Waals surface area (Å²) in [6, 6.07) is 13.5. The molecule has 0 fully saturated rings. The SMILES string of the molecule is CNC(=O)C(C)(C(=O)NO)N(C)C(=O)c1ccc(C#Cc2ccc(C(O)COC)cc2)cc1. The summed E-state index contributed by atoms with van der Waals surface area (Å²) in [7, 11) is 4.15. The minimum Gasteiger partial charge on any atom is -0.386 e. The Kier molecular flexibility index (Phi) is 8.70. The predicted octanol–water partition coefficient (Wildman–Crippen LogP) is 0.848. The molecule has 0 aliphatic heterocycles. The Labute approximate surface area is 192 Å².